The first-order valence-corrected chi connectivity index (χ1v) is 11.2. The van der Waals surface area contributed by atoms with Gasteiger partial charge in [-0.1, -0.05) is 44.5 Å². The number of rotatable bonds is 7. The third-order valence-electron chi connectivity index (χ3n) is 4.15. The highest BCUT2D eigenvalue weighted by molar-refractivity contribution is 6.87. The predicted molar refractivity (Wildman–Crippen MR) is 100 cm³/mol. The monoisotopic (exact) mass is 330 g/mol. The molecule has 3 heteroatoms. The van der Waals surface area contributed by atoms with Crippen molar-refractivity contribution < 1.29 is 9.53 Å². The van der Waals surface area contributed by atoms with Crippen molar-refractivity contribution in [3.05, 3.63) is 0 Å². The number of carbonyl (C=O) groups is 1. The van der Waals surface area contributed by atoms with Gasteiger partial charge >= 0.3 is 5.97 Å². The lowest BCUT2D eigenvalue weighted by atomic mass is 10.2. The largest absolute Gasteiger partial charge is 0.469 e. The van der Waals surface area contributed by atoms with Crippen LogP contribution in [0.15, 0.2) is 0 Å². The molecule has 0 saturated heterocycles. The Kier molecular flexibility index (Phi) is 13.0. The molecule has 0 aromatic carbocycles. The van der Waals surface area contributed by atoms with Crippen molar-refractivity contribution in [3.8, 4) is 35.1 Å². The van der Waals surface area contributed by atoms with E-state index in [1.165, 1.54) is 25.2 Å². The molecular formula is C20H30O2Si. The summed E-state index contributed by atoms with van der Waals surface area (Å²) in [5.74, 6) is 15.4. The van der Waals surface area contributed by atoms with Crippen LogP contribution in [0.2, 0.25) is 18.1 Å². The first-order chi connectivity index (χ1) is 11.1. The molecule has 0 unspecified atom stereocenters. The summed E-state index contributed by atoms with van der Waals surface area (Å²) in [7, 11) is 0.105. The lowest BCUT2D eigenvalue weighted by Gasteiger charge is -2.19. The van der Waals surface area contributed by atoms with Crippen molar-refractivity contribution in [2.75, 3.05) is 7.11 Å². The van der Waals surface area contributed by atoms with Gasteiger partial charge in [-0.3, -0.25) is 4.79 Å². The predicted octanol–water partition coefficient (Wildman–Crippen LogP) is 4.56. The fraction of sp³-hybridized carbons (Fsp3) is 0.650. The van der Waals surface area contributed by atoms with Crippen LogP contribution < -0.4 is 0 Å². The summed E-state index contributed by atoms with van der Waals surface area (Å²) < 4.78 is 4.58. The average Bonchev–Trinajstić information content (AvgIpc) is 2.59. The van der Waals surface area contributed by atoms with Crippen LogP contribution in [-0.4, -0.2) is 21.2 Å². The maximum absolute atomic E-state index is 10.9. The molecule has 2 nitrogen and oxygen atoms in total. The quantitative estimate of drug-likeness (QED) is 0.296. The third-order valence-corrected chi connectivity index (χ3v) is 8.92. The molecule has 0 atom stereocenters. The highest BCUT2D eigenvalue weighted by Crippen LogP contribution is 2.18. The molecule has 0 amide bonds. The molecule has 0 aliphatic rings. The Morgan fingerprint density at radius 2 is 1.43 bits per heavy atom. The number of esters is 1. The van der Waals surface area contributed by atoms with Crippen LogP contribution in [0.3, 0.4) is 0 Å². The highest BCUT2D eigenvalue weighted by atomic mass is 28.3. The number of carbonyl (C=O) groups excluding carboxylic acids is 1. The minimum atomic E-state index is -1.31. The molecule has 0 aliphatic heterocycles. The van der Waals surface area contributed by atoms with Crippen LogP contribution in [0, 0.1) is 35.1 Å². The van der Waals surface area contributed by atoms with E-state index in [2.05, 4.69) is 60.7 Å². The summed E-state index contributed by atoms with van der Waals surface area (Å²) >= 11 is 0. The van der Waals surface area contributed by atoms with E-state index in [0.717, 1.165) is 19.3 Å². The van der Waals surface area contributed by atoms with E-state index < -0.39 is 8.07 Å². The van der Waals surface area contributed by atoms with Gasteiger partial charge in [0.15, 0.2) is 0 Å². The zero-order chi connectivity index (χ0) is 17.4. The number of ether oxygens (including phenoxy) is 1. The van der Waals surface area contributed by atoms with Gasteiger partial charge in [0.25, 0.3) is 0 Å². The maximum Gasteiger partial charge on any atom is 0.305 e. The lowest BCUT2D eigenvalue weighted by molar-refractivity contribution is -0.140. The Bertz CT molecular complexity index is 505. The molecule has 0 spiro atoms. The van der Waals surface area contributed by atoms with E-state index >= 15 is 0 Å². The molecule has 0 aromatic heterocycles. The molecule has 0 bridgehead atoms. The minimum absolute atomic E-state index is 0.147. The molecule has 0 rings (SSSR count). The second-order valence-electron chi connectivity index (χ2n) is 5.49. The summed E-state index contributed by atoms with van der Waals surface area (Å²) in [5, 5.41) is 0. The van der Waals surface area contributed by atoms with Crippen molar-refractivity contribution >= 4 is 14.0 Å². The van der Waals surface area contributed by atoms with Crippen LogP contribution >= 0.6 is 0 Å². The smallest absolute Gasteiger partial charge is 0.305 e. The summed E-state index contributed by atoms with van der Waals surface area (Å²) in [6, 6.07) is 3.71. The fourth-order valence-electron chi connectivity index (χ4n) is 2.20. The Labute approximate surface area is 143 Å². The van der Waals surface area contributed by atoms with Crippen LogP contribution in [0.5, 0.6) is 0 Å². The van der Waals surface area contributed by atoms with Crippen LogP contribution in [0.4, 0.5) is 0 Å². The van der Waals surface area contributed by atoms with Crippen molar-refractivity contribution in [1.82, 2.24) is 0 Å². The van der Waals surface area contributed by atoms with E-state index in [4.69, 9.17) is 0 Å². The molecular weight excluding hydrogens is 300 g/mol. The van der Waals surface area contributed by atoms with Gasteiger partial charge < -0.3 is 4.74 Å². The SMILES string of the molecule is CC[Si](C#CCC#CCC#CCCCCC(=O)OC)(CC)CC. The zero-order valence-corrected chi connectivity index (χ0v) is 16.2. The normalized spacial score (nSPS) is 9.57. The Hall–Kier alpha value is -1.63. The third kappa shape index (κ3) is 10.7. The van der Waals surface area contributed by atoms with Gasteiger partial charge in [-0.25, -0.2) is 0 Å². The topological polar surface area (TPSA) is 26.3 Å². The van der Waals surface area contributed by atoms with Gasteiger partial charge in [-0.2, -0.15) is 0 Å². The van der Waals surface area contributed by atoms with Gasteiger partial charge in [0, 0.05) is 12.8 Å². The summed E-state index contributed by atoms with van der Waals surface area (Å²) in [6.45, 7) is 6.79. The number of hydrogen-bond donors (Lipinski definition) is 0. The second-order valence-corrected chi connectivity index (χ2v) is 10.4. The summed E-state index contributed by atoms with van der Waals surface area (Å²) in [4.78, 5) is 10.9. The van der Waals surface area contributed by atoms with Gasteiger partial charge in [-0.15, -0.1) is 11.5 Å². The van der Waals surface area contributed by atoms with Crippen molar-refractivity contribution in [2.45, 2.75) is 77.4 Å². The molecule has 0 radical (unpaired) electrons. The van der Waals surface area contributed by atoms with Crippen LogP contribution in [0.1, 0.15) is 59.3 Å². The highest BCUT2D eigenvalue weighted by Gasteiger charge is 2.23. The number of unbranched alkanes of at least 4 members (excludes halogenated alkanes) is 2. The number of hydrogen-bond acceptors (Lipinski definition) is 2. The minimum Gasteiger partial charge on any atom is -0.469 e. The van der Waals surface area contributed by atoms with Crippen molar-refractivity contribution in [1.29, 1.82) is 0 Å². The van der Waals surface area contributed by atoms with E-state index in [9.17, 15) is 4.79 Å². The first kappa shape index (κ1) is 21.4. The van der Waals surface area contributed by atoms with Crippen LogP contribution in [-0.2, 0) is 9.53 Å². The molecule has 0 fully saturated rings. The zero-order valence-electron chi connectivity index (χ0n) is 15.2. The maximum atomic E-state index is 10.9. The summed E-state index contributed by atoms with van der Waals surface area (Å²) in [6.07, 6.45) is 4.33. The molecule has 0 heterocycles. The van der Waals surface area contributed by atoms with E-state index in [-0.39, 0.29) is 5.97 Å². The molecule has 0 saturated carbocycles. The van der Waals surface area contributed by atoms with Gasteiger partial charge in [0.2, 0.25) is 0 Å². The average molecular weight is 331 g/mol. The van der Waals surface area contributed by atoms with E-state index in [1.54, 1.807) is 0 Å². The van der Waals surface area contributed by atoms with Gasteiger partial charge in [-0.05, 0) is 31.0 Å². The second kappa shape index (κ2) is 14.0. The fourth-order valence-corrected chi connectivity index (χ4v) is 4.69. The van der Waals surface area contributed by atoms with Crippen LogP contribution in [0.25, 0.3) is 0 Å². The molecule has 0 aromatic rings. The Morgan fingerprint density at radius 1 is 0.870 bits per heavy atom. The van der Waals surface area contributed by atoms with Crippen molar-refractivity contribution in [3.63, 3.8) is 0 Å². The molecule has 0 aliphatic carbocycles. The van der Waals surface area contributed by atoms with E-state index in [1.807, 2.05) is 0 Å². The van der Waals surface area contributed by atoms with Gasteiger partial charge in [0.1, 0.15) is 8.07 Å². The molecule has 23 heavy (non-hydrogen) atoms. The number of methoxy groups -OCH3 is 1. The molecule has 126 valence electrons. The molecule has 0 N–H and O–H groups in total. The van der Waals surface area contributed by atoms with Gasteiger partial charge in [0.05, 0.1) is 20.0 Å². The lowest BCUT2D eigenvalue weighted by Crippen LogP contribution is -2.29. The van der Waals surface area contributed by atoms with Crippen molar-refractivity contribution in [2.24, 2.45) is 0 Å². The Morgan fingerprint density at radius 3 is 2.00 bits per heavy atom. The standard InChI is InChI=1S/C20H30O2Si/c1-5-23(6-2,7-3)19-17-15-13-11-9-8-10-12-14-16-18-20(21)22-4/h5-7,9,12,14-16,18H2,1-4H3. The van der Waals surface area contributed by atoms with E-state index in [0.29, 0.717) is 19.3 Å². The summed E-state index contributed by atoms with van der Waals surface area (Å²) in [5.41, 5.74) is 3.53. The Balaban J connectivity index is 3.92. The first-order valence-electron chi connectivity index (χ1n) is 8.62.